The van der Waals surface area contributed by atoms with Gasteiger partial charge in [0, 0.05) is 17.1 Å². The van der Waals surface area contributed by atoms with E-state index in [0.29, 0.717) is 11.3 Å². The molecule has 1 aromatic carbocycles. The highest BCUT2D eigenvalue weighted by Crippen LogP contribution is 2.32. The molecule has 0 saturated carbocycles. The van der Waals surface area contributed by atoms with E-state index in [0.717, 1.165) is 22.8 Å². The van der Waals surface area contributed by atoms with Gasteiger partial charge in [-0.15, -0.1) is 11.3 Å². The zero-order chi connectivity index (χ0) is 14.2. The summed E-state index contributed by atoms with van der Waals surface area (Å²) < 4.78 is 37.5. The Hall–Kier alpha value is -2.08. The first kappa shape index (κ1) is 12.9. The fraction of sp³-hybridized carbons (Fsp3) is 0.0714. The van der Waals surface area contributed by atoms with Gasteiger partial charge in [-0.05, 0) is 24.3 Å². The maximum absolute atomic E-state index is 12.5. The summed E-state index contributed by atoms with van der Waals surface area (Å²) >= 11 is 1.45. The highest BCUT2D eigenvalue weighted by atomic mass is 32.1. The standard InChI is InChI=1S/C14H9F3N2S/c15-14(16,17)10-5-3-9(4-6-10)12-8-20-13(19-12)11-2-1-7-18-11/h1-8,18H. The van der Waals surface area contributed by atoms with Crippen molar-refractivity contribution in [2.75, 3.05) is 0 Å². The average molecular weight is 294 g/mol. The normalized spacial score (nSPS) is 11.8. The smallest absolute Gasteiger partial charge is 0.359 e. The van der Waals surface area contributed by atoms with E-state index in [9.17, 15) is 13.2 Å². The van der Waals surface area contributed by atoms with Crippen LogP contribution in [0.3, 0.4) is 0 Å². The van der Waals surface area contributed by atoms with Crippen molar-refractivity contribution < 1.29 is 13.2 Å². The van der Waals surface area contributed by atoms with E-state index in [1.165, 1.54) is 23.5 Å². The van der Waals surface area contributed by atoms with E-state index >= 15 is 0 Å². The Kier molecular flexibility index (Phi) is 3.10. The number of thiazole rings is 1. The van der Waals surface area contributed by atoms with Crippen molar-refractivity contribution in [3.63, 3.8) is 0 Å². The molecule has 3 rings (SSSR count). The first-order chi connectivity index (χ1) is 9.54. The van der Waals surface area contributed by atoms with E-state index in [2.05, 4.69) is 9.97 Å². The fourth-order valence-electron chi connectivity index (χ4n) is 1.82. The van der Waals surface area contributed by atoms with Crippen LogP contribution in [0, 0.1) is 0 Å². The number of alkyl halides is 3. The van der Waals surface area contributed by atoms with Crippen molar-refractivity contribution in [2.45, 2.75) is 6.18 Å². The van der Waals surface area contributed by atoms with Crippen LogP contribution in [0.1, 0.15) is 5.56 Å². The van der Waals surface area contributed by atoms with Gasteiger partial charge in [-0.3, -0.25) is 0 Å². The lowest BCUT2D eigenvalue weighted by molar-refractivity contribution is -0.137. The third-order valence-electron chi connectivity index (χ3n) is 2.84. The Bertz CT molecular complexity index is 697. The molecule has 102 valence electrons. The Morgan fingerprint density at radius 1 is 1.05 bits per heavy atom. The Labute approximate surface area is 116 Å². The molecule has 2 nitrogen and oxygen atoms in total. The molecule has 3 aromatic rings. The number of aromatic amines is 1. The summed E-state index contributed by atoms with van der Waals surface area (Å²) in [6.07, 6.45) is -2.51. The molecule has 0 saturated heterocycles. The van der Waals surface area contributed by atoms with Crippen LogP contribution in [-0.4, -0.2) is 9.97 Å². The molecular formula is C14H9F3N2S. The largest absolute Gasteiger partial charge is 0.416 e. The second kappa shape index (κ2) is 4.79. The molecule has 0 amide bonds. The summed E-state index contributed by atoms with van der Waals surface area (Å²) in [5, 5.41) is 2.64. The van der Waals surface area contributed by atoms with Gasteiger partial charge in [-0.2, -0.15) is 13.2 Å². The van der Waals surface area contributed by atoms with Gasteiger partial charge in [0.15, 0.2) is 0 Å². The highest BCUT2D eigenvalue weighted by Gasteiger charge is 2.30. The highest BCUT2D eigenvalue weighted by molar-refractivity contribution is 7.13. The van der Waals surface area contributed by atoms with Crippen molar-refractivity contribution in [2.24, 2.45) is 0 Å². The summed E-state index contributed by atoms with van der Waals surface area (Å²) in [6, 6.07) is 8.79. The average Bonchev–Trinajstić information content (AvgIpc) is 3.09. The number of H-pyrrole nitrogens is 1. The predicted molar refractivity (Wildman–Crippen MR) is 72.3 cm³/mol. The molecule has 20 heavy (non-hydrogen) atoms. The van der Waals surface area contributed by atoms with Crippen LogP contribution >= 0.6 is 11.3 Å². The first-order valence-electron chi connectivity index (χ1n) is 5.81. The van der Waals surface area contributed by atoms with Gasteiger partial charge in [-0.1, -0.05) is 12.1 Å². The summed E-state index contributed by atoms with van der Waals surface area (Å²) in [7, 11) is 0. The number of halogens is 3. The minimum atomic E-state index is -4.31. The third kappa shape index (κ3) is 2.46. The number of hydrogen-bond donors (Lipinski definition) is 1. The third-order valence-corrected chi connectivity index (χ3v) is 3.72. The lowest BCUT2D eigenvalue weighted by Crippen LogP contribution is -2.03. The van der Waals surface area contributed by atoms with Gasteiger partial charge in [0.05, 0.1) is 17.0 Å². The molecule has 0 aliphatic rings. The van der Waals surface area contributed by atoms with Gasteiger partial charge >= 0.3 is 6.18 Å². The Morgan fingerprint density at radius 2 is 1.80 bits per heavy atom. The maximum Gasteiger partial charge on any atom is 0.416 e. The molecule has 0 spiro atoms. The number of hydrogen-bond acceptors (Lipinski definition) is 2. The number of rotatable bonds is 2. The van der Waals surface area contributed by atoms with Crippen molar-refractivity contribution >= 4 is 11.3 Å². The second-order valence-electron chi connectivity index (χ2n) is 4.20. The quantitative estimate of drug-likeness (QED) is 0.721. The van der Waals surface area contributed by atoms with Gasteiger partial charge < -0.3 is 4.98 Å². The number of nitrogens with one attached hydrogen (secondary N) is 1. The molecule has 6 heteroatoms. The lowest BCUT2D eigenvalue weighted by atomic mass is 10.1. The SMILES string of the molecule is FC(F)(F)c1ccc(-c2csc(-c3ccc[nH]3)n2)cc1. The zero-order valence-electron chi connectivity index (χ0n) is 10.1. The predicted octanol–water partition coefficient (Wildman–Crippen LogP) is 4.82. The number of benzene rings is 1. The zero-order valence-corrected chi connectivity index (χ0v) is 10.9. The molecule has 1 N–H and O–H groups in total. The van der Waals surface area contributed by atoms with Crippen LogP contribution in [0.15, 0.2) is 48.0 Å². The van der Waals surface area contributed by atoms with Gasteiger partial charge in [0.2, 0.25) is 0 Å². The number of nitrogens with zero attached hydrogens (tertiary/aromatic N) is 1. The van der Waals surface area contributed by atoms with E-state index < -0.39 is 11.7 Å². The van der Waals surface area contributed by atoms with Gasteiger partial charge in [-0.25, -0.2) is 4.98 Å². The van der Waals surface area contributed by atoms with E-state index in [1.54, 1.807) is 6.20 Å². The molecule has 0 atom stereocenters. The van der Waals surface area contributed by atoms with Crippen molar-refractivity contribution in [1.82, 2.24) is 9.97 Å². The summed E-state index contributed by atoms with van der Waals surface area (Å²) in [4.78, 5) is 7.47. The van der Waals surface area contributed by atoms with E-state index in [4.69, 9.17) is 0 Å². The molecule has 0 aliphatic carbocycles. The molecule has 2 aromatic heterocycles. The van der Waals surface area contributed by atoms with Gasteiger partial charge in [0.25, 0.3) is 0 Å². The van der Waals surface area contributed by atoms with Crippen LogP contribution in [0.25, 0.3) is 22.0 Å². The summed E-state index contributed by atoms with van der Waals surface area (Å²) in [6.45, 7) is 0. The molecule has 2 heterocycles. The Balaban J connectivity index is 1.90. The van der Waals surface area contributed by atoms with Crippen LogP contribution in [-0.2, 0) is 6.18 Å². The minimum Gasteiger partial charge on any atom is -0.359 e. The topological polar surface area (TPSA) is 28.7 Å². The van der Waals surface area contributed by atoms with Crippen LogP contribution < -0.4 is 0 Å². The molecule has 0 aliphatic heterocycles. The van der Waals surface area contributed by atoms with Crippen LogP contribution in [0.5, 0.6) is 0 Å². The van der Waals surface area contributed by atoms with Crippen molar-refractivity contribution in [3.05, 3.63) is 53.5 Å². The van der Waals surface area contributed by atoms with Crippen LogP contribution in [0.2, 0.25) is 0 Å². The fourth-order valence-corrected chi connectivity index (χ4v) is 2.64. The lowest BCUT2D eigenvalue weighted by Gasteiger charge is -2.06. The molecule has 0 bridgehead atoms. The van der Waals surface area contributed by atoms with E-state index in [-0.39, 0.29) is 0 Å². The molecule has 0 unspecified atom stereocenters. The van der Waals surface area contributed by atoms with E-state index in [1.807, 2.05) is 17.5 Å². The van der Waals surface area contributed by atoms with Crippen molar-refractivity contribution in [3.8, 4) is 22.0 Å². The molecule has 0 fully saturated rings. The number of aromatic nitrogens is 2. The first-order valence-corrected chi connectivity index (χ1v) is 6.69. The summed E-state index contributed by atoms with van der Waals surface area (Å²) in [5.41, 5.74) is 1.59. The van der Waals surface area contributed by atoms with Crippen LogP contribution in [0.4, 0.5) is 13.2 Å². The second-order valence-corrected chi connectivity index (χ2v) is 5.05. The summed E-state index contributed by atoms with van der Waals surface area (Å²) in [5.74, 6) is 0. The molecular weight excluding hydrogens is 285 g/mol. The Morgan fingerprint density at radius 3 is 2.40 bits per heavy atom. The monoisotopic (exact) mass is 294 g/mol. The maximum atomic E-state index is 12.5. The minimum absolute atomic E-state index is 0.652. The molecule has 0 radical (unpaired) electrons. The van der Waals surface area contributed by atoms with Crippen molar-refractivity contribution in [1.29, 1.82) is 0 Å². The van der Waals surface area contributed by atoms with Gasteiger partial charge in [0.1, 0.15) is 5.01 Å².